The summed E-state index contributed by atoms with van der Waals surface area (Å²) in [5, 5.41) is 0.131. The lowest BCUT2D eigenvalue weighted by atomic mass is 9.97. The Morgan fingerprint density at radius 2 is 2.00 bits per heavy atom. The smallest absolute Gasteiger partial charge is 0.309 e. The highest BCUT2D eigenvalue weighted by molar-refractivity contribution is 7.91. The first kappa shape index (κ1) is 23.8. The number of rotatable bonds is 11. The molecule has 1 aromatic heterocycles. The zero-order chi connectivity index (χ0) is 21.4. The first-order chi connectivity index (χ1) is 13.8. The molecule has 0 aromatic carbocycles. The number of hydrogen-bond donors (Lipinski definition) is 0. The predicted octanol–water partition coefficient (Wildman–Crippen LogP) is 2.12. The molecule has 0 bridgehead atoms. The van der Waals surface area contributed by atoms with Crippen LogP contribution in [0.3, 0.4) is 0 Å². The number of methoxy groups -OCH3 is 1. The number of carbonyl (C=O) groups is 1. The summed E-state index contributed by atoms with van der Waals surface area (Å²) in [5.74, 6) is 0.249. The standard InChI is InChI=1S/C20H35N3O5S/c1-5-28-19(24)17-6-9-22(10-7-17)15-18-14-21-20(23(18)11-12-27-4)29(25,26)13-8-16(2)3/h14,16-17H,5-13,15H2,1-4H3. The van der Waals surface area contributed by atoms with E-state index in [9.17, 15) is 13.2 Å². The van der Waals surface area contributed by atoms with Crippen LogP contribution < -0.4 is 0 Å². The maximum Gasteiger partial charge on any atom is 0.309 e. The highest BCUT2D eigenvalue weighted by Crippen LogP contribution is 2.22. The summed E-state index contributed by atoms with van der Waals surface area (Å²) in [5.41, 5.74) is 0.861. The van der Waals surface area contributed by atoms with Gasteiger partial charge >= 0.3 is 5.97 Å². The Morgan fingerprint density at radius 1 is 1.31 bits per heavy atom. The number of piperidine rings is 1. The van der Waals surface area contributed by atoms with E-state index < -0.39 is 9.84 Å². The van der Waals surface area contributed by atoms with Gasteiger partial charge in [0, 0.05) is 20.2 Å². The molecule has 1 fully saturated rings. The minimum atomic E-state index is -3.45. The number of carbonyl (C=O) groups excluding carboxylic acids is 1. The van der Waals surface area contributed by atoms with Crippen LogP contribution in [0.1, 0.15) is 45.7 Å². The minimum Gasteiger partial charge on any atom is -0.466 e. The molecule has 0 radical (unpaired) electrons. The number of aromatic nitrogens is 2. The zero-order valence-corrected chi connectivity index (χ0v) is 18.9. The zero-order valence-electron chi connectivity index (χ0n) is 18.1. The van der Waals surface area contributed by atoms with Gasteiger partial charge in [-0.05, 0) is 45.2 Å². The Bertz CT molecular complexity index is 752. The van der Waals surface area contributed by atoms with Crippen molar-refractivity contribution in [2.45, 2.75) is 58.3 Å². The molecule has 0 spiro atoms. The normalized spacial score (nSPS) is 16.4. The van der Waals surface area contributed by atoms with Gasteiger partial charge < -0.3 is 14.0 Å². The second kappa shape index (κ2) is 11.1. The van der Waals surface area contributed by atoms with E-state index >= 15 is 0 Å². The van der Waals surface area contributed by atoms with Gasteiger partial charge in [0.2, 0.25) is 15.0 Å². The van der Waals surface area contributed by atoms with Gasteiger partial charge in [0.25, 0.3) is 0 Å². The number of likely N-dealkylation sites (tertiary alicyclic amines) is 1. The molecule has 1 aliphatic rings. The van der Waals surface area contributed by atoms with Crippen LogP contribution in [-0.2, 0) is 37.2 Å². The molecular formula is C20H35N3O5S. The first-order valence-electron chi connectivity index (χ1n) is 10.4. The topological polar surface area (TPSA) is 90.7 Å². The summed E-state index contributed by atoms with van der Waals surface area (Å²) in [6.07, 6.45) is 3.78. The Hall–Kier alpha value is -1.45. The molecule has 0 unspecified atom stereocenters. The van der Waals surface area contributed by atoms with Gasteiger partial charge in [0.1, 0.15) is 0 Å². The molecule has 0 saturated carbocycles. The summed E-state index contributed by atoms with van der Waals surface area (Å²) in [4.78, 5) is 18.4. The van der Waals surface area contributed by atoms with Crippen molar-refractivity contribution in [3.63, 3.8) is 0 Å². The summed E-state index contributed by atoms with van der Waals surface area (Å²) in [7, 11) is -1.85. The van der Waals surface area contributed by atoms with Crippen molar-refractivity contribution >= 4 is 15.8 Å². The van der Waals surface area contributed by atoms with E-state index in [1.165, 1.54) is 0 Å². The van der Waals surface area contributed by atoms with Crippen LogP contribution in [0.4, 0.5) is 0 Å². The van der Waals surface area contributed by atoms with Crippen molar-refractivity contribution in [1.82, 2.24) is 14.5 Å². The van der Waals surface area contributed by atoms with Crippen LogP contribution in [0, 0.1) is 11.8 Å². The average molecular weight is 430 g/mol. The number of esters is 1. The fourth-order valence-electron chi connectivity index (χ4n) is 3.49. The van der Waals surface area contributed by atoms with Gasteiger partial charge in [-0.3, -0.25) is 9.69 Å². The third kappa shape index (κ3) is 6.79. The molecule has 29 heavy (non-hydrogen) atoms. The molecule has 1 aliphatic heterocycles. The SMILES string of the molecule is CCOC(=O)C1CCN(Cc2cnc(S(=O)(=O)CCC(C)C)n2CCOC)CC1. The molecule has 0 amide bonds. The largest absolute Gasteiger partial charge is 0.466 e. The lowest BCUT2D eigenvalue weighted by Gasteiger charge is -2.30. The quantitative estimate of drug-likeness (QED) is 0.498. The van der Waals surface area contributed by atoms with E-state index in [2.05, 4.69) is 9.88 Å². The molecular weight excluding hydrogens is 394 g/mol. The molecule has 9 heteroatoms. The van der Waals surface area contributed by atoms with Gasteiger partial charge in [0.15, 0.2) is 0 Å². The molecule has 8 nitrogen and oxygen atoms in total. The third-order valence-corrected chi connectivity index (χ3v) is 6.91. The van der Waals surface area contributed by atoms with Crippen LogP contribution in [0.5, 0.6) is 0 Å². The van der Waals surface area contributed by atoms with Crippen molar-refractivity contribution in [3.05, 3.63) is 11.9 Å². The van der Waals surface area contributed by atoms with Crippen LogP contribution in [0.25, 0.3) is 0 Å². The molecule has 2 rings (SSSR count). The predicted molar refractivity (Wildman–Crippen MR) is 110 cm³/mol. The van der Waals surface area contributed by atoms with Crippen LogP contribution in [0.2, 0.25) is 0 Å². The number of imidazole rings is 1. The van der Waals surface area contributed by atoms with Crippen LogP contribution in [-0.4, -0.2) is 68.0 Å². The van der Waals surface area contributed by atoms with Gasteiger partial charge in [-0.25, -0.2) is 13.4 Å². The van der Waals surface area contributed by atoms with Crippen molar-refractivity contribution in [3.8, 4) is 0 Å². The maximum absolute atomic E-state index is 12.8. The lowest BCUT2D eigenvalue weighted by Crippen LogP contribution is -2.37. The summed E-state index contributed by atoms with van der Waals surface area (Å²) in [6, 6.07) is 0. The fourth-order valence-corrected chi connectivity index (χ4v) is 5.21. The number of nitrogens with zero attached hydrogens (tertiary/aromatic N) is 3. The Labute approximate surface area is 174 Å². The third-order valence-electron chi connectivity index (χ3n) is 5.26. The van der Waals surface area contributed by atoms with E-state index in [1.54, 1.807) is 17.9 Å². The van der Waals surface area contributed by atoms with E-state index in [0.717, 1.165) is 31.6 Å². The van der Waals surface area contributed by atoms with Gasteiger partial charge in [0.05, 0.1) is 36.8 Å². The number of hydrogen-bond acceptors (Lipinski definition) is 7. The monoisotopic (exact) mass is 429 g/mol. The van der Waals surface area contributed by atoms with Crippen molar-refractivity contribution < 1.29 is 22.7 Å². The van der Waals surface area contributed by atoms with E-state index in [0.29, 0.717) is 38.6 Å². The summed E-state index contributed by atoms with van der Waals surface area (Å²) >= 11 is 0. The van der Waals surface area contributed by atoms with Crippen molar-refractivity contribution in [1.29, 1.82) is 0 Å². The van der Waals surface area contributed by atoms with Gasteiger partial charge in [-0.15, -0.1) is 0 Å². The van der Waals surface area contributed by atoms with E-state index in [1.807, 2.05) is 20.8 Å². The lowest BCUT2D eigenvalue weighted by molar-refractivity contribution is -0.149. The average Bonchev–Trinajstić information content (AvgIpc) is 3.09. The van der Waals surface area contributed by atoms with Gasteiger partial charge in [-0.1, -0.05) is 13.8 Å². The molecule has 0 atom stereocenters. The van der Waals surface area contributed by atoms with Crippen molar-refractivity contribution in [2.75, 3.05) is 39.2 Å². The molecule has 166 valence electrons. The first-order valence-corrected chi connectivity index (χ1v) is 12.1. The Morgan fingerprint density at radius 3 is 2.59 bits per heavy atom. The molecule has 1 aromatic rings. The second-order valence-corrected chi connectivity index (χ2v) is 9.98. The molecule has 1 saturated heterocycles. The number of ether oxygens (including phenoxy) is 2. The molecule has 2 heterocycles. The molecule has 0 N–H and O–H groups in total. The van der Waals surface area contributed by atoms with E-state index in [4.69, 9.17) is 9.47 Å². The minimum absolute atomic E-state index is 0.0448. The number of sulfone groups is 1. The Balaban J connectivity index is 2.09. The fraction of sp³-hybridized carbons (Fsp3) is 0.800. The van der Waals surface area contributed by atoms with Crippen molar-refractivity contribution in [2.24, 2.45) is 11.8 Å². The second-order valence-electron chi connectivity index (χ2n) is 7.98. The molecule has 0 aliphatic carbocycles. The van der Waals surface area contributed by atoms with E-state index in [-0.39, 0.29) is 22.8 Å². The maximum atomic E-state index is 12.8. The summed E-state index contributed by atoms with van der Waals surface area (Å²) < 4.78 is 37.7. The van der Waals surface area contributed by atoms with Crippen LogP contribution >= 0.6 is 0 Å². The van der Waals surface area contributed by atoms with Gasteiger partial charge in [-0.2, -0.15) is 0 Å². The Kier molecular flexibility index (Phi) is 9.10. The highest BCUT2D eigenvalue weighted by atomic mass is 32.2. The highest BCUT2D eigenvalue weighted by Gasteiger charge is 2.28. The summed E-state index contributed by atoms with van der Waals surface area (Å²) in [6.45, 7) is 9.26. The van der Waals surface area contributed by atoms with Crippen LogP contribution in [0.15, 0.2) is 11.4 Å².